The number of fused-ring (bicyclic) bond motifs is 1. The number of carbonyl (C=O) groups is 1. The number of hydrogen-bond donors (Lipinski definition) is 0. The van der Waals surface area contributed by atoms with E-state index in [9.17, 15) is 9.18 Å². The fourth-order valence-corrected chi connectivity index (χ4v) is 2.80. The molecule has 128 valence electrons. The molecule has 0 N–H and O–H groups in total. The topological polar surface area (TPSA) is 29.5 Å². The van der Waals surface area contributed by atoms with Crippen LogP contribution in [0.15, 0.2) is 60.7 Å². The molecule has 0 radical (unpaired) electrons. The third kappa shape index (κ3) is 3.97. The molecule has 0 saturated heterocycles. The van der Waals surface area contributed by atoms with Crippen molar-refractivity contribution in [2.75, 3.05) is 14.2 Å². The number of likely N-dealkylation sites (N-methyl/N-ethyl adjacent to an activating group) is 1. The van der Waals surface area contributed by atoms with E-state index < -0.39 is 0 Å². The first kappa shape index (κ1) is 17.0. The molecule has 1 amide bonds. The summed E-state index contributed by atoms with van der Waals surface area (Å²) < 4.78 is 18.9. The van der Waals surface area contributed by atoms with Crippen LogP contribution in [-0.2, 0) is 17.8 Å². The normalized spacial score (nSPS) is 10.7. The zero-order valence-corrected chi connectivity index (χ0v) is 14.3. The Bertz CT molecular complexity index is 907. The summed E-state index contributed by atoms with van der Waals surface area (Å²) in [6.07, 6.45) is 0.0634. The average molecular weight is 337 g/mol. The molecule has 25 heavy (non-hydrogen) atoms. The van der Waals surface area contributed by atoms with Gasteiger partial charge in [0.1, 0.15) is 11.6 Å². The van der Waals surface area contributed by atoms with Gasteiger partial charge in [0.2, 0.25) is 5.91 Å². The van der Waals surface area contributed by atoms with Crippen LogP contribution in [0.2, 0.25) is 0 Å². The van der Waals surface area contributed by atoms with Crippen LogP contribution < -0.4 is 4.74 Å². The molecule has 0 aliphatic heterocycles. The van der Waals surface area contributed by atoms with Gasteiger partial charge in [0.05, 0.1) is 13.5 Å². The molecule has 0 atom stereocenters. The zero-order chi connectivity index (χ0) is 17.8. The maximum absolute atomic E-state index is 13.7. The number of hydrogen-bond acceptors (Lipinski definition) is 2. The minimum absolute atomic E-state index is 0.0634. The van der Waals surface area contributed by atoms with Crippen molar-refractivity contribution in [3.05, 3.63) is 77.6 Å². The molecule has 0 aliphatic carbocycles. The van der Waals surface area contributed by atoms with Gasteiger partial charge >= 0.3 is 0 Å². The smallest absolute Gasteiger partial charge is 0.227 e. The Balaban J connectivity index is 1.71. The Hall–Kier alpha value is -2.88. The fraction of sp³-hybridized carbons (Fsp3) is 0.190. The van der Waals surface area contributed by atoms with Gasteiger partial charge in [-0.2, -0.15) is 0 Å². The lowest BCUT2D eigenvalue weighted by molar-refractivity contribution is -0.129. The van der Waals surface area contributed by atoms with Gasteiger partial charge in [0.15, 0.2) is 0 Å². The molecule has 3 aromatic carbocycles. The van der Waals surface area contributed by atoms with Crippen molar-refractivity contribution in [2.45, 2.75) is 13.0 Å². The maximum atomic E-state index is 13.7. The Morgan fingerprint density at radius 1 is 1.04 bits per heavy atom. The number of carbonyl (C=O) groups excluding carboxylic acids is 1. The molecule has 0 aliphatic rings. The van der Waals surface area contributed by atoms with E-state index in [4.69, 9.17) is 4.74 Å². The first-order chi connectivity index (χ1) is 12.1. The molecule has 3 rings (SSSR count). The number of benzene rings is 3. The molecular formula is C21H20FNO2. The van der Waals surface area contributed by atoms with Gasteiger partial charge in [0, 0.05) is 13.6 Å². The Kier molecular flexibility index (Phi) is 4.98. The van der Waals surface area contributed by atoms with Gasteiger partial charge in [-0.3, -0.25) is 4.79 Å². The third-order valence-electron chi connectivity index (χ3n) is 4.26. The van der Waals surface area contributed by atoms with E-state index in [1.54, 1.807) is 37.3 Å². The average Bonchev–Trinajstić information content (AvgIpc) is 2.63. The predicted molar refractivity (Wildman–Crippen MR) is 97.1 cm³/mol. The van der Waals surface area contributed by atoms with Crippen LogP contribution in [0, 0.1) is 5.82 Å². The summed E-state index contributed by atoms with van der Waals surface area (Å²) >= 11 is 0. The summed E-state index contributed by atoms with van der Waals surface area (Å²) in [4.78, 5) is 14.0. The summed E-state index contributed by atoms with van der Waals surface area (Å²) in [6.45, 7) is 0.481. The molecule has 4 heteroatoms. The molecule has 0 unspecified atom stereocenters. The predicted octanol–water partition coefficient (Wildman–Crippen LogP) is 4.19. The monoisotopic (exact) mass is 337 g/mol. The van der Waals surface area contributed by atoms with Crippen molar-refractivity contribution < 1.29 is 13.9 Å². The highest BCUT2D eigenvalue weighted by atomic mass is 19.1. The Morgan fingerprint density at radius 2 is 1.76 bits per heavy atom. The van der Waals surface area contributed by atoms with E-state index in [1.165, 1.54) is 6.07 Å². The van der Waals surface area contributed by atoms with Crippen LogP contribution in [0.1, 0.15) is 11.1 Å². The number of ether oxygens (including phenoxy) is 1. The molecule has 3 aromatic rings. The quantitative estimate of drug-likeness (QED) is 0.699. The van der Waals surface area contributed by atoms with Gasteiger partial charge < -0.3 is 9.64 Å². The van der Waals surface area contributed by atoms with Crippen LogP contribution in [0.4, 0.5) is 4.39 Å². The molecule has 0 aromatic heterocycles. The van der Waals surface area contributed by atoms with Crippen LogP contribution >= 0.6 is 0 Å². The van der Waals surface area contributed by atoms with Crippen molar-refractivity contribution >= 4 is 16.7 Å². The van der Waals surface area contributed by atoms with Crippen LogP contribution in [0.5, 0.6) is 5.75 Å². The molecule has 0 fully saturated rings. The molecule has 0 spiro atoms. The molecule has 0 bridgehead atoms. The van der Waals surface area contributed by atoms with E-state index in [1.807, 2.05) is 30.3 Å². The van der Waals surface area contributed by atoms with Crippen molar-refractivity contribution in [1.29, 1.82) is 0 Å². The van der Waals surface area contributed by atoms with Gasteiger partial charge in [0.25, 0.3) is 0 Å². The number of halogens is 1. The summed E-state index contributed by atoms with van der Waals surface area (Å²) in [5.41, 5.74) is 1.45. The van der Waals surface area contributed by atoms with Gasteiger partial charge in [-0.25, -0.2) is 4.39 Å². The second-order valence-electron chi connectivity index (χ2n) is 6.07. The zero-order valence-electron chi connectivity index (χ0n) is 14.3. The molecular weight excluding hydrogens is 317 g/mol. The van der Waals surface area contributed by atoms with Gasteiger partial charge in [-0.05, 0) is 46.2 Å². The van der Waals surface area contributed by atoms with Crippen molar-refractivity contribution in [3.8, 4) is 5.75 Å². The van der Waals surface area contributed by atoms with Crippen LogP contribution in [0.3, 0.4) is 0 Å². The number of nitrogens with zero attached hydrogens (tertiary/aromatic N) is 1. The first-order valence-corrected chi connectivity index (χ1v) is 8.11. The largest absolute Gasteiger partial charge is 0.497 e. The Morgan fingerprint density at radius 3 is 2.52 bits per heavy atom. The van der Waals surface area contributed by atoms with E-state index in [0.717, 1.165) is 22.1 Å². The highest BCUT2D eigenvalue weighted by Gasteiger charge is 2.13. The van der Waals surface area contributed by atoms with Crippen LogP contribution in [0.25, 0.3) is 10.8 Å². The molecule has 0 saturated carbocycles. The van der Waals surface area contributed by atoms with Gasteiger partial charge in [-0.15, -0.1) is 0 Å². The SMILES string of the molecule is COc1ccc2cc(CN(C)C(=O)Cc3ccccc3F)ccc2c1. The highest BCUT2D eigenvalue weighted by molar-refractivity contribution is 5.85. The molecule has 3 nitrogen and oxygen atoms in total. The van der Waals surface area contributed by atoms with E-state index in [0.29, 0.717) is 12.1 Å². The summed E-state index contributed by atoms with van der Waals surface area (Å²) in [6, 6.07) is 18.3. The second kappa shape index (κ2) is 7.34. The lowest BCUT2D eigenvalue weighted by Crippen LogP contribution is -2.28. The van der Waals surface area contributed by atoms with Crippen molar-refractivity contribution in [1.82, 2.24) is 4.90 Å². The first-order valence-electron chi connectivity index (χ1n) is 8.11. The highest BCUT2D eigenvalue weighted by Crippen LogP contribution is 2.22. The second-order valence-corrected chi connectivity index (χ2v) is 6.07. The minimum Gasteiger partial charge on any atom is -0.497 e. The summed E-state index contributed by atoms with van der Waals surface area (Å²) in [5, 5.41) is 2.18. The van der Waals surface area contributed by atoms with E-state index in [2.05, 4.69) is 6.07 Å². The number of methoxy groups -OCH3 is 1. The van der Waals surface area contributed by atoms with Gasteiger partial charge in [-0.1, -0.05) is 36.4 Å². The van der Waals surface area contributed by atoms with Crippen molar-refractivity contribution in [2.24, 2.45) is 0 Å². The minimum atomic E-state index is -0.344. The maximum Gasteiger partial charge on any atom is 0.227 e. The standard InChI is InChI=1S/C21H20FNO2/c1-23(21(24)13-18-5-3-4-6-20(18)22)14-15-7-8-17-12-19(25-2)10-9-16(17)11-15/h3-12H,13-14H2,1-2H3. The third-order valence-corrected chi connectivity index (χ3v) is 4.26. The lowest BCUT2D eigenvalue weighted by Gasteiger charge is -2.18. The van der Waals surface area contributed by atoms with Crippen molar-refractivity contribution in [3.63, 3.8) is 0 Å². The van der Waals surface area contributed by atoms with Crippen LogP contribution in [-0.4, -0.2) is 25.0 Å². The van der Waals surface area contributed by atoms with E-state index >= 15 is 0 Å². The summed E-state index contributed by atoms with van der Waals surface area (Å²) in [7, 11) is 3.38. The fourth-order valence-electron chi connectivity index (χ4n) is 2.80. The Labute approximate surface area is 146 Å². The number of rotatable bonds is 5. The number of amides is 1. The van der Waals surface area contributed by atoms with E-state index in [-0.39, 0.29) is 18.1 Å². The molecule has 0 heterocycles. The lowest BCUT2D eigenvalue weighted by atomic mass is 10.1. The summed E-state index contributed by atoms with van der Waals surface area (Å²) in [5.74, 6) is 0.362.